The molecule has 0 spiro atoms. The van der Waals surface area contributed by atoms with E-state index in [-0.39, 0.29) is 0 Å². The molecule has 1 aliphatic heterocycles. The second kappa shape index (κ2) is 8.95. The number of hydrogen-bond acceptors (Lipinski definition) is 2. The zero-order valence-electron chi connectivity index (χ0n) is 16.5. The fourth-order valence-corrected chi connectivity index (χ4v) is 4.77. The number of halogens is 4. The van der Waals surface area contributed by atoms with Crippen LogP contribution in [0.2, 0.25) is 10.0 Å². The van der Waals surface area contributed by atoms with Gasteiger partial charge in [0.15, 0.2) is 0 Å². The highest BCUT2D eigenvalue weighted by atomic mass is 79.9. The van der Waals surface area contributed by atoms with Gasteiger partial charge in [0.1, 0.15) is 0 Å². The minimum absolute atomic E-state index is 0.656. The third-order valence-corrected chi connectivity index (χ3v) is 6.54. The lowest BCUT2D eigenvalue weighted by atomic mass is 10.1. The van der Waals surface area contributed by atoms with E-state index in [1.54, 1.807) is 0 Å². The summed E-state index contributed by atoms with van der Waals surface area (Å²) in [5.74, 6) is 0. The lowest BCUT2D eigenvalue weighted by Crippen LogP contribution is -2.34. The molecule has 32 heavy (non-hydrogen) atoms. The van der Waals surface area contributed by atoms with Crippen LogP contribution in [-0.4, -0.2) is 0 Å². The second-order valence-corrected chi connectivity index (χ2v) is 9.97. The lowest BCUT2D eigenvalue weighted by molar-refractivity contribution is 1.19. The van der Waals surface area contributed by atoms with E-state index in [2.05, 4.69) is 31.9 Å². The number of benzene rings is 4. The molecule has 0 N–H and O–H groups in total. The SMILES string of the molecule is Clc1cccc(C2=c3\cc(Br)cc\c3=N/C(c3cccc(Cl)c3)=c3/cc(Br)cc/c3=N\2)c1. The molecule has 1 heterocycles. The minimum Gasteiger partial charge on any atom is -0.247 e. The van der Waals surface area contributed by atoms with Gasteiger partial charge in [0, 0.05) is 40.6 Å². The van der Waals surface area contributed by atoms with Gasteiger partial charge < -0.3 is 0 Å². The van der Waals surface area contributed by atoms with Crippen molar-refractivity contribution in [2.45, 2.75) is 0 Å². The summed E-state index contributed by atoms with van der Waals surface area (Å²) in [4.78, 5) is 10.3. The van der Waals surface area contributed by atoms with Crippen molar-refractivity contribution in [1.29, 1.82) is 0 Å². The molecular weight excluding hydrogens is 571 g/mol. The fraction of sp³-hybridized carbons (Fsp3) is 0. The van der Waals surface area contributed by atoms with Crippen molar-refractivity contribution in [3.05, 3.63) is 136 Å². The van der Waals surface area contributed by atoms with Crippen LogP contribution in [0.3, 0.4) is 0 Å². The van der Waals surface area contributed by atoms with Crippen LogP contribution in [0.1, 0.15) is 11.1 Å². The molecule has 0 fully saturated rings. The van der Waals surface area contributed by atoms with E-state index in [9.17, 15) is 0 Å². The summed E-state index contributed by atoms with van der Waals surface area (Å²) in [6.07, 6.45) is 0. The second-order valence-electron chi connectivity index (χ2n) is 7.26. The van der Waals surface area contributed by atoms with E-state index < -0.39 is 0 Å². The molecule has 4 aromatic carbocycles. The summed E-state index contributed by atoms with van der Waals surface area (Å²) in [6.45, 7) is 0. The van der Waals surface area contributed by atoms with Gasteiger partial charge in [0.2, 0.25) is 0 Å². The molecule has 6 heteroatoms. The predicted octanol–water partition coefficient (Wildman–Crippen LogP) is 5.78. The third kappa shape index (κ3) is 4.33. The van der Waals surface area contributed by atoms with Crippen molar-refractivity contribution >= 4 is 66.5 Å². The number of fused-ring (bicyclic) bond motifs is 2. The Morgan fingerprint density at radius 3 is 1.38 bits per heavy atom. The van der Waals surface area contributed by atoms with Crippen LogP contribution in [0.5, 0.6) is 0 Å². The molecule has 4 aromatic rings. The van der Waals surface area contributed by atoms with Crippen LogP contribution in [0, 0.1) is 0 Å². The first kappa shape index (κ1) is 21.6. The fourth-order valence-electron chi connectivity index (χ4n) is 3.66. The summed E-state index contributed by atoms with van der Waals surface area (Å²) in [7, 11) is 0. The smallest absolute Gasteiger partial charge is 0.0804 e. The molecule has 0 amide bonds. The van der Waals surface area contributed by atoms with Gasteiger partial charge in [-0.25, -0.2) is 9.98 Å². The highest BCUT2D eigenvalue weighted by molar-refractivity contribution is 9.10. The van der Waals surface area contributed by atoms with Gasteiger partial charge in [-0.2, -0.15) is 0 Å². The maximum atomic E-state index is 6.32. The molecule has 0 saturated carbocycles. The van der Waals surface area contributed by atoms with E-state index >= 15 is 0 Å². The third-order valence-electron chi connectivity index (χ3n) is 5.09. The Morgan fingerprint density at radius 2 is 0.969 bits per heavy atom. The predicted molar refractivity (Wildman–Crippen MR) is 138 cm³/mol. The molecule has 0 aliphatic carbocycles. The van der Waals surface area contributed by atoms with Crippen LogP contribution in [0.4, 0.5) is 0 Å². The molecule has 156 valence electrons. The molecule has 2 nitrogen and oxygen atoms in total. The first-order chi connectivity index (χ1) is 15.5. The van der Waals surface area contributed by atoms with Gasteiger partial charge in [-0.3, -0.25) is 0 Å². The zero-order valence-corrected chi connectivity index (χ0v) is 21.2. The van der Waals surface area contributed by atoms with E-state index in [4.69, 9.17) is 33.2 Å². The molecule has 5 rings (SSSR count). The van der Waals surface area contributed by atoms with Crippen LogP contribution in [0.25, 0.3) is 11.4 Å². The summed E-state index contributed by atoms with van der Waals surface area (Å²) >= 11 is 19.9. The van der Waals surface area contributed by atoms with Gasteiger partial charge >= 0.3 is 0 Å². The largest absolute Gasteiger partial charge is 0.247 e. The summed E-state index contributed by atoms with van der Waals surface area (Å²) < 4.78 is 1.89. The summed E-state index contributed by atoms with van der Waals surface area (Å²) in [5, 5.41) is 4.76. The summed E-state index contributed by atoms with van der Waals surface area (Å²) in [6, 6.07) is 27.5. The Labute approximate surface area is 211 Å². The average molecular weight is 585 g/mol. The number of nitrogens with zero attached hydrogens (tertiary/aromatic N) is 2. The molecule has 0 atom stereocenters. The Bertz CT molecular complexity index is 1510. The van der Waals surface area contributed by atoms with Crippen molar-refractivity contribution in [2.24, 2.45) is 9.98 Å². The molecule has 1 aliphatic rings. The van der Waals surface area contributed by atoms with E-state index in [0.29, 0.717) is 10.0 Å². The monoisotopic (exact) mass is 582 g/mol. The Hall–Kier alpha value is -2.24. The quantitative estimate of drug-likeness (QED) is 0.285. The highest BCUT2D eigenvalue weighted by Gasteiger charge is 2.11. The number of hydrogen-bond donors (Lipinski definition) is 0. The zero-order chi connectivity index (χ0) is 22.2. The Balaban J connectivity index is 2.00. The van der Waals surface area contributed by atoms with Crippen LogP contribution in [0.15, 0.2) is 104 Å². The normalized spacial score (nSPS) is 18.2. The van der Waals surface area contributed by atoms with Crippen LogP contribution < -0.4 is 21.2 Å². The van der Waals surface area contributed by atoms with Crippen LogP contribution >= 0.6 is 55.1 Å². The lowest BCUT2D eigenvalue weighted by Gasteiger charge is -2.10. The maximum Gasteiger partial charge on any atom is 0.0804 e. The van der Waals surface area contributed by atoms with Gasteiger partial charge in [0.25, 0.3) is 0 Å². The molecule has 0 unspecified atom stereocenters. The van der Waals surface area contributed by atoms with E-state index in [1.807, 2.05) is 84.9 Å². The standard InChI is InChI=1S/C26H14Br2Cl2N2/c27-17-7-9-23-21(13-17)25(15-3-1-5-19(29)11-15)31-24-10-8-18(28)14-22(24)26(32-23)16-4-2-6-20(30)12-16/h1-14H/b25-21-,26-22-,31-24+,31-25?,32-23+,32-26?. The molecule has 0 bridgehead atoms. The molecule has 0 saturated heterocycles. The molecule has 0 aromatic heterocycles. The number of rotatable bonds is 2. The maximum absolute atomic E-state index is 6.32. The van der Waals surface area contributed by atoms with Crippen molar-refractivity contribution < 1.29 is 0 Å². The van der Waals surface area contributed by atoms with E-state index in [0.717, 1.165) is 52.6 Å². The average Bonchev–Trinajstić information content (AvgIpc) is 2.76. The van der Waals surface area contributed by atoms with E-state index in [1.165, 1.54) is 0 Å². The van der Waals surface area contributed by atoms with Gasteiger partial charge in [0.05, 0.1) is 22.1 Å². The molecular formula is C26H14Br2Cl2N2. The summed E-state index contributed by atoms with van der Waals surface area (Å²) in [5.41, 5.74) is 3.46. The van der Waals surface area contributed by atoms with Gasteiger partial charge in [-0.05, 0) is 60.7 Å². The Morgan fingerprint density at radius 1 is 0.531 bits per heavy atom. The Kier molecular flexibility index (Phi) is 6.04. The van der Waals surface area contributed by atoms with Crippen LogP contribution in [-0.2, 0) is 0 Å². The minimum atomic E-state index is 0.656. The first-order valence-corrected chi connectivity index (χ1v) is 12.1. The van der Waals surface area contributed by atoms with Gasteiger partial charge in [-0.1, -0.05) is 79.3 Å². The van der Waals surface area contributed by atoms with Crippen molar-refractivity contribution in [1.82, 2.24) is 0 Å². The van der Waals surface area contributed by atoms with Gasteiger partial charge in [-0.15, -0.1) is 0 Å². The highest BCUT2D eigenvalue weighted by Crippen LogP contribution is 2.20. The topological polar surface area (TPSA) is 24.7 Å². The molecule has 0 radical (unpaired) electrons. The first-order valence-electron chi connectivity index (χ1n) is 9.77. The van der Waals surface area contributed by atoms with Crippen molar-refractivity contribution in [2.75, 3.05) is 0 Å². The van der Waals surface area contributed by atoms with Crippen molar-refractivity contribution in [3.63, 3.8) is 0 Å². The van der Waals surface area contributed by atoms with Crippen molar-refractivity contribution in [3.8, 4) is 0 Å².